The molecular formula is C16H16FNO2. The SMILES string of the molecule is Cc1ccc(/C=C/C(=O)NC(C)c2ccc(F)cc2)o1. The summed E-state index contributed by atoms with van der Waals surface area (Å²) in [5.41, 5.74) is 0.849. The third-order valence-corrected chi connectivity index (χ3v) is 2.89. The third kappa shape index (κ3) is 3.82. The van der Waals surface area contributed by atoms with Gasteiger partial charge >= 0.3 is 0 Å². The molecule has 0 aliphatic carbocycles. The van der Waals surface area contributed by atoms with E-state index in [1.54, 1.807) is 24.3 Å². The number of hydrogen-bond donors (Lipinski definition) is 1. The van der Waals surface area contributed by atoms with E-state index in [2.05, 4.69) is 5.32 Å². The van der Waals surface area contributed by atoms with Crippen LogP contribution in [0.15, 0.2) is 46.9 Å². The van der Waals surface area contributed by atoms with E-state index in [-0.39, 0.29) is 17.8 Å². The lowest BCUT2D eigenvalue weighted by Crippen LogP contribution is -2.24. The van der Waals surface area contributed by atoms with E-state index in [1.807, 2.05) is 19.9 Å². The molecule has 1 unspecified atom stereocenters. The molecule has 1 atom stereocenters. The Hall–Kier alpha value is -2.36. The highest BCUT2D eigenvalue weighted by molar-refractivity contribution is 5.91. The second-order valence-electron chi connectivity index (χ2n) is 4.56. The molecule has 1 amide bonds. The molecule has 0 spiro atoms. The first kappa shape index (κ1) is 14.1. The maximum Gasteiger partial charge on any atom is 0.244 e. The zero-order valence-electron chi connectivity index (χ0n) is 11.4. The molecule has 0 aliphatic rings. The highest BCUT2D eigenvalue weighted by atomic mass is 19.1. The Morgan fingerprint density at radius 3 is 2.55 bits per heavy atom. The van der Waals surface area contributed by atoms with Crippen molar-refractivity contribution >= 4 is 12.0 Å². The minimum atomic E-state index is -0.291. The Balaban J connectivity index is 1.94. The lowest BCUT2D eigenvalue weighted by Gasteiger charge is -2.12. The Bertz CT molecular complexity index is 614. The molecule has 1 N–H and O–H groups in total. The van der Waals surface area contributed by atoms with Crippen LogP contribution in [0.2, 0.25) is 0 Å². The van der Waals surface area contributed by atoms with Gasteiger partial charge in [-0.2, -0.15) is 0 Å². The molecular weight excluding hydrogens is 257 g/mol. The van der Waals surface area contributed by atoms with Gasteiger partial charge in [-0.3, -0.25) is 4.79 Å². The standard InChI is InChI=1S/C16H16FNO2/c1-11-3-8-15(20-11)9-10-16(19)18-12(2)13-4-6-14(17)7-5-13/h3-10,12H,1-2H3,(H,18,19)/b10-9+. The molecule has 1 heterocycles. The fourth-order valence-electron chi connectivity index (χ4n) is 1.80. The molecule has 0 saturated carbocycles. The van der Waals surface area contributed by atoms with Gasteiger partial charge in [0, 0.05) is 6.08 Å². The number of hydrogen-bond acceptors (Lipinski definition) is 2. The van der Waals surface area contributed by atoms with Crippen molar-refractivity contribution in [3.8, 4) is 0 Å². The van der Waals surface area contributed by atoms with Crippen LogP contribution >= 0.6 is 0 Å². The van der Waals surface area contributed by atoms with Crippen LogP contribution in [-0.2, 0) is 4.79 Å². The van der Waals surface area contributed by atoms with E-state index < -0.39 is 0 Å². The zero-order valence-corrected chi connectivity index (χ0v) is 11.4. The van der Waals surface area contributed by atoms with Crippen molar-refractivity contribution in [1.29, 1.82) is 0 Å². The molecule has 104 valence electrons. The normalized spacial score (nSPS) is 12.6. The van der Waals surface area contributed by atoms with Gasteiger partial charge in [-0.25, -0.2) is 4.39 Å². The van der Waals surface area contributed by atoms with E-state index in [1.165, 1.54) is 18.2 Å². The van der Waals surface area contributed by atoms with Crippen LogP contribution < -0.4 is 5.32 Å². The molecule has 3 nitrogen and oxygen atoms in total. The fourth-order valence-corrected chi connectivity index (χ4v) is 1.80. The van der Waals surface area contributed by atoms with Crippen molar-refractivity contribution in [2.75, 3.05) is 0 Å². The number of nitrogens with one attached hydrogen (secondary N) is 1. The maximum atomic E-state index is 12.8. The van der Waals surface area contributed by atoms with E-state index in [0.717, 1.165) is 11.3 Å². The Kier molecular flexibility index (Phi) is 4.35. The summed E-state index contributed by atoms with van der Waals surface area (Å²) in [6, 6.07) is 9.49. The number of carbonyl (C=O) groups excluding carboxylic acids is 1. The molecule has 2 aromatic rings. The lowest BCUT2D eigenvalue weighted by molar-refractivity contribution is -0.117. The molecule has 0 radical (unpaired) electrons. The number of benzene rings is 1. The van der Waals surface area contributed by atoms with Gasteiger partial charge in [-0.1, -0.05) is 12.1 Å². The summed E-state index contributed by atoms with van der Waals surface area (Å²) in [5, 5.41) is 2.80. The molecule has 20 heavy (non-hydrogen) atoms. The number of rotatable bonds is 4. The van der Waals surface area contributed by atoms with Gasteiger partial charge in [0.05, 0.1) is 6.04 Å². The summed E-state index contributed by atoms with van der Waals surface area (Å²) in [6.45, 7) is 3.68. The first-order valence-corrected chi connectivity index (χ1v) is 6.35. The van der Waals surface area contributed by atoms with Gasteiger partial charge in [0.1, 0.15) is 17.3 Å². The van der Waals surface area contributed by atoms with Crippen LogP contribution in [0.25, 0.3) is 6.08 Å². The number of aryl methyl sites for hydroxylation is 1. The van der Waals surface area contributed by atoms with Gasteiger partial charge in [0.25, 0.3) is 0 Å². The second kappa shape index (κ2) is 6.19. The van der Waals surface area contributed by atoms with Gasteiger partial charge in [0.2, 0.25) is 5.91 Å². The first-order valence-electron chi connectivity index (χ1n) is 6.35. The predicted octanol–water partition coefficient (Wildman–Crippen LogP) is 3.62. The van der Waals surface area contributed by atoms with Crippen molar-refractivity contribution in [3.05, 3.63) is 65.4 Å². The monoisotopic (exact) mass is 273 g/mol. The van der Waals surface area contributed by atoms with E-state index in [4.69, 9.17) is 4.42 Å². The maximum absolute atomic E-state index is 12.8. The Morgan fingerprint density at radius 1 is 1.25 bits per heavy atom. The lowest BCUT2D eigenvalue weighted by atomic mass is 10.1. The van der Waals surface area contributed by atoms with E-state index in [0.29, 0.717) is 5.76 Å². The molecule has 0 saturated heterocycles. The summed E-state index contributed by atoms with van der Waals surface area (Å²) in [7, 11) is 0. The Labute approximate surface area is 117 Å². The largest absolute Gasteiger partial charge is 0.462 e. The number of amides is 1. The van der Waals surface area contributed by atoms with Crippen molar-refractivity contribution in [1.82, 2.24) is 5.32 Å². The number of carbonyl (C=O) groups is 1. The smallest absolute Gasteiger partial charge is 0.244 e. The predicted molar refractivity (Wildman–Crippen MR) is 75.4 cm³/mol. The van der Waals surface area contributed by atoms with Crippen molar-refractivity contribution in [2.24, 2.45) is 0 Å². The Morgan fingerprint density at radius 2 is 1.95 bits per heavy atom. The quantitative estimate of drug-likeness (QED) is 0.864. The third-order valence-electron chi connectivity index (χ3n) is 2.89. The van der Waals surface area contributed by atoms with Gasteiger partial charge < -0.3 is 9.73 Å². The highest BCUT2D eigenvalue weighted by Crippen LogP contribution is 2.13. The van der Waals surface area contributed by atoms with Crippen molar-refractivity contribution in [3.63, 3.8) is 0 Å². The van der Waals surface area contributed by atoms with Gasteiger partial charge in [-0.05, 0) is 49.8 Å². The molecule has 1 aromatic carbocycles. The molecule has 2 rings (SSSR count). The summed E-state index contributed by atoms with van der Waals surface area (Å²) in [5.74, 6) is 0.910. The minimum absolute atomic E-state index is 0.189. The topological polar surface area (TPSA) is 42.2 Å². The zero-order chi connectivity index (χ0) is 14.5. The highest BCUT2D eigenvalue weighted by Gasteiger charge is 2.07. The van der Waals surface area contributed by atoms with Crippen molar-refractivity contribution in [2.45, 2.75) is 19.9 Å². The number of halogens is 1. The average Bonchev–Trinajstić information content (AvgIpc) is 2.83. The number of furan rings is 1. The van der Waals surface area contributed by atoms with Crippen LogP contribution in [-0.4, -0.2) is 5.91 Å². The van der Waals surface area contributed by atoms with Crippen molar-refractivity contribution < 1.29 is 13.6 Å². The molecule has 0 bridgehead atoms. The van der Waals surface area contributed by atoms with E-state index >= 15 is 0 Å². The summed E-state index contributed by atoms with van der Waals surface area (Å²) in [6.07, 6.45) is 3.03. The van der Waals surface area contributed by atoms with Crippen LogP contribution in [0, 0.1) is 12.7 Å². The van der Waals surface area contributed by atoms with Crippen LogP contribution in [0.4, 0.5) is 4.39 Å². The average molecular weight is 273 g/mol. The van der Waals surface area contributed by atoms with E-state index in [9.17, 15) is 9.18 Å². The second-order valence-corrected chi connectivity index (χ2v) is 4.56. The molecule has 1 aromatic heterocycles. The van der Waals surface area contributed by atoms with Crippen LogP contribution in [0.3, 0.4) is 0 Å². The molecule has 0 fully saturated rings. The van der Waals surface area contributed by atoms with Gasteiger partial charge in [-0.15, -0.1) is 0 Å². The minimum Gasteiger partial charge on any atom is -0.462 e. The van der Waals surface area contributed by atoms with Gasteiger partial charge in [0.15, 0.2) is 0 Å². The summed E-state index contributed by atoms with van der Waals surface area (Å²) >= 11 is 0. The summed E-state index contributed by atoms with van der Waals surface area (Å²) < 4.78 is 18.1. The van der Waals surface area contributed by atoms with Crippen LogP contribution in [0.1, 0.15) is 30.0 Å². The van der Waals surface area contributed by atoms with Crippen LogP contribution in [0.5, 0.6) is 0 Å². The summed E-state index contributed by atoms with van der Waals surface area (Å²) in [4.78, 5) is 11.8. The first-order chi connectivity index (χ1) is 9.54. The molecule has 0 aliphatic heterocycles. The molecule has 4 heteroatoms. The fraction of sp³-hybridized carbons (Fsp3) is 0.188.